The highest BCUT2D eigenvalue weighted by molar-refractivity contribution is 7.98. The van der Waals surface area contributed by atoms with Crippen LogP contribution >= 0.6 is 11.8 Å². The van der Waals surface area contributed by atoms with E-state index in [1.165, 1.54) is 0 Å². The van der Waals surface area contributed by atoms with Crippen LogP contribution in [-0.2, 0) is 0 Å². The molecule has 3 heterocycles. The molecular weight excluding hydrogens is 322 g/mol. The second kappa shape index (κ2) is 8.30. The Morgan fingerprint density at radius 1 is 1.04 bits per heavy atom. The van der Waals surface area contributed by atoms with Crippen LogP contribution in [-0.4, -0.2) is 43.8 Å². The first-order valence-corrected chi connectivity index (χ1v) is 8.86. The fourth-order valence-electron chi connectivity index (χ4n) is 2.07. The lowest BCUT2D eigenvalue weighted by Crippen LogP contribution is -2.11. The molecule has 0 saturated carbocycles. The third kappa shape index (κ3) is 4.45. The molecule has 0 amide bonds. The molecule has 124 valence electrons. The molecule has 0 bridgehead atoms. The second-order valence-corrected chi connectivity index (χ2v) is 5.90. The SMILES string of the molecule is CSc1cnc(NCCCNc2ccc(-n3ccnc3)cn2)nc1. The van der Waals surface area contributed by atoms with Crippen LogP contribution in [0.1, 0.15) is 6.42 Å². The monoisotopic (exact) mass is 341 g/mol. The van der Waals surface area contributed by atoms with Crippen molar-refractivity contribution in [3.05, 3.63) is 49.4 Å². The average Bonchev–Trinajstić information content (AvgIpc) is 3.17. The zero-order valence-corrected chi connectivity index (χ0v) is 14.2. The van der Waals surface area contributed by atoms with Crippen LogP contribution in [0, 0.1) is 0 Å². The molecule has 3 rings (SSSR count). The number of aromatic nitrogens is 5. The van der Waals surface area contributed by atoms with Gasteiger partial charge in [0, 0.05) is 42.8 Å². The lowest BCUT2D eigenvalue weighted by molar-refractivity contribution is 0.887. The zero-order chi connectivity index (χ0) is 16.6. The van der Waals surface area contributed by atoms with E-state index in [0.29, 0.717) is 5.95 Å². The number of hydrogen-bond acceptors (Lipinski definition) is 7. The summed E-state index contributed by atoms with van der Waals surface area (Å²) < 4.78 is 1.92. The number of hydrogen-bond donors (Lipinski definition) is 2. The highest BCUT2D eigenvalue weighted by Crippen LogP contribution is 2.12. The Morgan fingerprint density at radius 3 is 2.54 bits per heavy atom. The number of imidazole rings is 1. The van der Waals surface area contributed by atoms with Gasteiger partial charge in [-0.3, -0.25) is 0 Å². The van der Waals surface area contributed by atoms with Gasteiger partial charge in [0.15, 0.2) is 0 Å². The maximum absolute atomic E-state index is 4.40. The summed E-state index contributed by atoms with van der Waals surface area (Å²) in [6.07, 6.45) is 13.8. The predicted octanol–water partition coefficient (Wildman–Crippen LogP) is 2.69. The molecule has 0 unspecified atom stereocenters. The standard InChI is InChI=1S/C16H19N7S/c1-24-14-10-21-16(22-11-14)19-6-2-5-18-15-4-3-13(9-20-15)23-8-7-17-12-23/h3-4,7-12H,2,5-6H2,1H3,(H,18,20)(H,19,21,22). The minimum absolute atomic E-state index is 0.663. The van der Waals surface area contributed by atoms with E-state index >= 15 is 0 Å². The maximum Gasteiger partial charge on any atom is 0.222 e. The molecule has 3 aromatic rings. The average molecular weight is 341 g/mol. The van der Waals surface area contributed by atoms with Crippen molar-refractivity contribution in [2.45, 2.75) is 11.3 Å². The molecule has 0 spiro atoms. The van der Waals surface area contributed by atoms with E-state index < -0.39 is 0 Å². The summed E-state index contributed by atoms with van der Waals surface area (Å²) in [5, 5.41) is 6.51. The van der Waals surface area contributed by atoms with Crippen LogP contribution in [0.15, 0.2) is 54.3 Å². The molecule has 2 N–H and O–H groups in total. The van der Waals surface area contributed by atoms with Gasteiger partial charge in [0.25, 0.3) is 0 Å². The van der Waals surface area contributed by atoms with Gasteiger partial charge < -0.3 is 15.2 Å². The number of rotatable bonds is 8. The Bertz CT molecular complexity index is 726. The molecular formula is C16H19N7S. The van der Waals surface area contributed by atoms with Gasteiger partial charge in [-0.15, -0.1) is 11.8 Å². The highest BCUT2D eigenvalue weighted by Gasteiger charge is 1.99. The van der Waals surface area contributed by atoms with E-state index in [1.807, 2.05) is 47.7 Å². The van der Waals surface area contributed by atoms with E-state index in [-0.39, 0.29) is 0 Å². The summed E-state index contributed by atoms with van der Waals surface area (Å²) in [6, 6.07) is 3.98. The predicted molar refractivity (Wildman–Crippen MR) is 96.8 cm³/mol. The van der Waals surface area contributed by atoms with Gasteiger partial charge >= 0.3 is 0 Å². The van der Waals surface area contributed by atoms with Crippen molar-refractivity contribution in [2.24, 2.45) is 0 Å². The van der Waals surface area contributed by atoms with Gasteiger partial charge in [-0.1, -0.05) is 0 Å². The maximum atomic E-state index is 4.40. The highest BCUT2D eigenvalue weighted by atomic mass is 32.2. The largest absolute Gasteiger partial charge is 0.370 e. The first-order chi connectivity index (χ1) is 11.8. The first-order valence-electron chi connectivity index (χ1n) is 7.63. The minimum Gasteiger partial charge on any atom is -0.370 e. The summed E-state index contributed by atoms with van der Waals surface area (Å²) in [5.74, 6) is 1.52. The Morgan fingerprint density at radius 2 is 1.88 bits per heavy atom. The number of nitrogens with zero attached hydrogens (tertiary/aromatic N) is 5. The van der Waals surface area contributed by atoms with Gasteiger partial charge in [-0.2, -0.15) is 0 Å². The second-order valence-electron chi connectivity index (χ2n) is 5.03. The third-order valence-corrected chi connectivity index (χ3v) is 4.04. The lowest BCUT2D eigenvalue weighted by Gasteiger charge is -2.08. The first kappa shape index (κ1) is 16.3. The molecule has 0 aromatic carbocycles. The van der Waals surface area contributed by atoms with Gasteiger partial charge in [0.2, 0.25) is 5.95 Å². The molecule has 0 fully saturated rings. The van der Waals surface area contributed by atoms with E-state index in [2.05, 4.69) is 30.6 Å². The fourth-order valence-corrected chi connectivity index (χ4v) is 2.39. The van der Waals surface area contributed by atoms with E-state index in [0.717, 1.165) is 35.9 Å². The van der Waals surface area contributed by atoms with Gasteiger partial charge in [-0.25, -0.2) is 19.9 Å². The summed E-state index contributed by atoms with van der Waals surface area (Å²) in [4.78, 5) is 18.0. The van der Waals surface area contributed by atoms with Crippen LogP contribution in [0.4, 0.5) is 11.8 Å². The van der Waals surface area contributed by atoms with E-state index in [1.54, 1.807) is 24.3 Å². The number of pyridine rings is 1. The molecule has 3 aromatic heterocycles. The van der Waals surface area contributed by atoms with Crippen molar-refractivity contribution in [1.82, 2.24) is 24.5 Å². The molecule has 8 heteroatoms. The van der Waals surface area contributed by atoms with Crippen LogP contribution in [0.25, 0.3) is 5.69 Å². The molecule has 24 heavy (non-hydrogen) atoms. The number of anilines is 2. The summed E-state index contributed by atoms with van der Waals surface area (Å²) in [7, 11) is 0. The Hall–Kier alpha value is -2.61. The van der Waals surface area contributed by atoms with Crippen LogP contribution in [0.5, 0.6) is 0 Å². The van der Waals surface area contributed by atoms with Crippen molar-refractivity contribution < 1.29 is 0 Å². The van der Waals surface area contributed by atoms with Gasteiger partial charge in [0.05, 0.1) is 18.2 Å². The molecule has 0 aliphatic carbocycles. The van der Waals surface area contributed by atoms with Crippen LogP contribution < -0.4 is 10.6 Å². The number of nitrogens with one attached hydrogen (secondary N) is 2. The zero-order valence-electron chi connectivity index (χ0n) is 13.4. The van der Waals surface area contributed by atoms with Crippen molar-refractivity contribution in [1.29, 1.82) is 0 Å². The van der Waals surface area contributed by atoms with E-state index in [4.69, 9.17) is 0 Å². The van der Waals surface area contributed by atoms with Crippen LogP contribution in [0.2, 0.25) is 0 Å². The van der Waals surface area contributed by atoms with Crippen LogP contribution in [0.3, 0.4) is 0 Å². The molecule has 0 aliphatic heterocycles. The number of thioether (sulfide) groups is 1. The molecule has 0 radical (unpaired) electrons. The molecule has 0 saturated heterocycles. The summed E-state index contributed by atoms with van der Waals surface area (Å²) in [5.41, 5.74) is 0.991. The fraction of sp³-hybridized carbons (Fsp3) is 0.250. The van der Waals surface area contributed by atoms with Gasteiger partial charge in [-0.05, 0) is 24.8 Å². The van der Waals surface area contributed by atoms with Crippen molar-refractivity contribution in [2.75, 3.05) is 30.0 Å². The van der Waals surface area contributed by atoms with Crippen molar-refractivity contribution in [3.8, 4) is 5.69 Å². The van der Waals surface area contributed by atoms with Gasteiger partial charge in [0.1, 0.15) is 5.82 Å². The van der Waals surface area contributed by atoms with Crippen molar-refractivity contribution in [3.63, 3.8) is 0 Å². The smallest absolute Gasteiger partial charge is 0.222 e. The minimum atomic E-state index is 0.663. The normalized spacial score (nSPS) is 10.5. The van der Waals surface area contributed by atoms with E-state index in [9.17, 15) is 0 Å². The quantitative estimate of drug-likeness (QED) is 0.481. The Labute approximate surface area is 145 Å². The third-order valence-electron chi connectivity index (χ3n) is 3.36. The molecule has 0 atom stereocenters. The Balaban J connectivity index is 1.38. The Kier molecular flexibility index (Phi) is 5.62. The summed E-state index contributed by atoms with van der Waals surface area (Å²) >= 11 is 1.63. The molecule has 7 nitrogen and oxygen atoms in total. The topological polar surface area (TPSA) is 80.5 Å². The lowest BCUT2D eigenvalue weighted by atomic mass is 10.3. The molecule has 0 aliphatic rings. The summed E-state index contributed by atoms with van der Waals surface area (Å²) in [6.45, 7) is 1.63. The van der Waals surface area contributed by atoms with Crippen molar-refractivity contribution >= 4 is 23.5 Å².